The van der Waals surface area contributed by atoms with Gasteiger partial charge in [0, 0.05) is 38.6 Å². The molecule has 6 nitrogen and oxygen atoms in total. The van der Waals surface area contributed by atoms with Gasteiger partial charge in [-0.25, -0.2) is 8.42 Å². The summed E-state index contributed by atoms with van der Waals surface area (Å²) in [5.41, 5.74) is 1.62. The molecule has 0 atom stereocenters. The molecule has 1 aliphatic heterocycles. The first-order valence-electron chi connectivity index (χ1n) is 8.31. The number of nitrogens with zero attached hydrogens (tertiary/aromatic N) is 3. The number of hydrogen-bond acceptors (Lipinski definition) is 4. The first-order chi connectivity index (χ1) is 12.0. The number of carbonyl (C=O) groups excluding carboxylic acids is 1. The van der Waals surface area contributed by atoms with Gasteiger partial charge in [-0.15, -0.1) is 0 Å². The van der Waals surface area contributed by atoms with E-state index in [1.165, 1.54) is 10.5 Å². The molecule has 0 N–H and O–H groups in total. The molecule has 2 heterocycles. The fourth-order valence-corrected chi connectivity index (χ4v) is 4.27. The summed E-state index contributed by atoms with van der Waals surface area (Å²) in [6, 6.07) is 10.4. The minimum Gasteiger partial charge on any atom is -0.336 e. The molecular formula is C18H21N3O3S. The topological polar surface area (TPSA) is 70.6 Å². The molecule has 1 fully saturated rings. The van der Waals surface area contributed by atoms with Crippen molar-refractivity contribution < 1.29 is 13.2 Å². The molecule has 1 aliphatic rings. The maximum Gasteiger partial charge on any atom is 0.255 e. The number of amides is 1. The molecule has 3 rings (SSSR count). The summed E-state index contributed by atoms with van der Waals surface area (Å²) in [6.45, 7) is 3.37. The van der Waals surface area contributed by atoms with Crippen LogP contribution in [0, 0.1) is 0 Å². The van der Waals surface area contributed by atoms with Crippen LogP contribution in [0.15, 0.2) is 53.7 Å². The zero-order valence-corrected chi connectivity index (χ0v) is 14.9. The van der Waals surface area contributed by atoms with Crippen LogP contribution in [-0.4, -0.2) is 54.7 Å². The van der Waals surface area contributed by atoms with Crippen LogP contribution in [0.4, 0.5) is 0 Å². The number of pyridine rings is 1. The Morgan fingerprint density at radius 1 is 1.08 bits per heavy atom. The van der Waals surface area contributed by atoms with Crippen LogP contribution in [0.3, 0.4) is 0 Å². The minimum atomic E-state index is -3.52. The largest absolute Gasteiger partial charge is 0.336 e. The van der Waals surface area contributed by atoms with Crippen molar-refractivity contribution in [3.8, 4) is 0 Å². The summed E-state index contributed by atoms with van der Waals surface area (Å²) >= 11 is 0. The Morgan fingerprint density at radius 3 is 2.32 bits per heavy atom. The number of rotatable bonds is 4. The zero-order valence-electron chi connectivity index (χ0n) is 14.1. The lowest BCUT2D eigenvalue weighted by molar-refractivity contribution is 0.0697. The number of benzene rings is 1. The van der Waals surface area contributed by atoms with Crippen LogP contribution in [0.5, 0.6) is 0 Å². The summed E-state index contributed by atoms with van der Waals surface area (Å²) in [5, 5.41) is 0. The highest BCUT2D eigenvalue weighted by Crippen LogP contribution is 2.19. The smallest absolute Gasteiger partial charge is 0.255 e. The second-order valence-corrected chi connectivity index (χ2v) is 7.87. The van der Waals surface area contributed by atoms with E-state index in [4.69, 9.17) is 0 Å². The highest BCUT2D eigenvalue weighted by Gasteiger charge is 2.30. The lowest BCUT2D eigenvalue weighted by Crippen LogP contribution is -2.50. The highest BCUT2D eigenvalue weighted by molar-refractivity contribution is 7.89. The van der Waals surface area contributed by atoms with Crippen LogP contribution in [-0.2, 0) is 16.4 Å². The van der Waals surface area contributed by atoms with Gasteiger partial charge in [0.2, 0.25) is 10.0 Å². The molecular weight excluding hydrogens is 338 g/mol. The second kappa shape index (κ2) is 7.33. The predicted octanol–water partition coefficient (Wildman–Crippen LogP) is 1.79. The van der Waals surface area contributed by atoms with E-state index in [9.17, 15) is 13.2 Å². The average molecular weight is 359 g/mol. The third-order valence-corrected chi connectivity index (χ3v) is 6.32. The first-order valence-corrected chi connectivity index (χ1v) is 9.75. The van der Waals surface area contributed by atoms with Gasteiger partial charge in [-0.1, -0.05) is 19.1 Å². The Bertz CT molecular complexity index is 828. The van der Waals surface area contributed by atoms with Crippen molar-refractivity contribution >= 4 is 15.9 Å². The summed E-state index contributed by atoms with van der Waals surface area (Å²) < 4.78 is 26.9. The summed E-state index contributed by atoms with van der Waals surface area (Å²) in [5.74, 6) is -0.113. The molecule has 25 heavy (non-hydrogen) atoms. The van der Waals surface area contributed by atoms with Gasteiger partial charge >= 0.3 is 0 Å². The van der Waals surface area contributed by atoms with Gasteiger partial charge in [0.1, 0.15) is 0 Å². The van der Waals surface area contributed by atoms with Crippen LogP contribution in [0.2, 0.25) is 0 Å². The Morgan fingerprint density at radius 2 is 1.76 bits per heavy atom. The van der Waals surface area contributed by atoms with Gasteiger partial charge in [-0.3, -0.25) is 9.78 Å². The Balaban J connectivity index is 1.67. The normalized spacial score (nSPS) is 16.0. The highest BCUT2D eigenvalue weighted by atomic mass is 32.2. The molecule has 1 aromatic heterocycles. The minimum absolute atomic E-state index is 0.113. The molecule has 132 valence electrons. The molecule has 0 unspecified atom stereocenters. The van der Waals surface area contributed by atoms with E-state index in [1.54, 1.807) is 35.4 Å². The van der Waals surface area contributed by atoms with Gasteiger partial charge in [-0.05, 0) is 36.2 Å². The Hall–Kier alpha value is -2.25. The van der Waals surface area contributed by atoms with Crippen LogP contribution in [0.25, 0.3) is 0 Å². The summed E-state index contributed by atoms with van der Waals surface area (Å²) in [4.78, 5) is 18.3. The monoisotopic (exact) mass is 359 g/mol. The second-order valence-electron chi connectivity index (χ2n) is 5.94. The number of sulfonamides is 1. The fraction of sp³-hybridized carbons (Fsp3) is 0.333. The van der Waals surface area contributed by atoms with E-state index in [-0.39, 0.29) is 5.91 Å². The SMILES string of the molecule is CCc1ccc(S(=O)(=O)N2CCN(C(=O)c3cccnc3)CC2)cc1. The van der Waals surface area contributed by atoms with E-state index in [0.717, 1.165) is 12.0 Å². The Labute approximate surface area is 148 Å². The van der Waals surface area contributed by atoms with Crippen molar-refractivity contribution in [1.82, 2.24) is 14.2 Å². The summed E-state index contributed by atoms with van der Waals surface area (Å²) in [6.07, 6.45) is 4.02. The molecule has 1 amide bonds. The molecule has 7 heteroatoms. The van der Waals surface area contributed by atoms with Crippen molar-refractivity contribution in [1.29, 1.82) is 0 Å². The number of aryl methyl sites for hydroxylation is 1. The molecule has 1 aromatic carbocycles. The number of hydrogen-bond donors (Lipinski definition) is 0. The molecule has 0 spiro atoms. The van der Waals surface area contributed by atoms with Gasteiger partial charge < -0.3 is 4.90 Å². The molecule has 0 aliphatic carbocycles. The maximum atomic E-state index is 12.7. The lowest BCUT2D eigenvalue weighted by atomic mass is 10.2. The van der Waals surface area contributed by atoms with Crippen molar-refractivity contribution in [2.24, 2.45) is 0 Å². The van der Waals surface area contributed by atoms with Crippen molar-refractivity contribution in [2.45, 2.75) is 18.2 Å². The lowest BCUT2D eigenvalue weighted by Gasteiger charge is -2.34. The molecule has 0 radical (unpaired) electrons. The maximum absolute atomic E-state index is 12.7. The third kappa shape index (κ3) is 3.72. The quantitative estimate of drug-likeness (QED) is 0.834. The molecule has 0 saturated carbocycles. The Kier molecular flexibility index (Phi) is 5.15. The van der Waals surface area contributed by atoms with E-state index in [0.29, 0.717) is 36.6 Å². The van der Waals surface area contributed by atoms with Crippen LogP contribution < -0.4 is 0 Å². The molecule has 0 bridgehead atoms. The first kappa shape index (κ1) is 17.6. The van der Waals surface area contributed by atoms with Crippen molar-refractivity contribution in [3.63, 3.8) is 0 Å². The summed E-state index contributed by atoms with van der Waals surface area (Å²) in [7, 11) is -3.52. The van der Waals surface area contributed by atoms with Gasteiger partial charge in [0.05, 0.1) is 10.5 Å². The van der Waals surface area contributed by atoms with Crippen LogP contribution in [0.1, 0.15) is 22.8 Å². The van der Waals surface area contributed by atoms with E-state index in [1.807, 2.05) is 19.1 Å². The van der Waals surface area contributed by atoms with E-state index in [2.05, 4.69) is 4.98 Å². The number of carbonyl (C=O) groups is 1. The zero-order chi connectivity index (χ0) is 17.9. The molecule has 1 saturated heterocycles. The van der Waals surface area contributed by atoms with E-state index >= 15 is 0 Å². The van der Waals surface area contributed by atoms with Gasteiger partial charge in [0.25, 0.3) is 5.91 Å². The van der Waals surface area contributed by atoms with Crippen molar-refractivity contribution in [3.05, 3.63) is 59.9 Å². The standard InChI is InChI=1S/C18H21N3O3S/c1-2-15-5-7-17(8-6-15)25(23,24)21-12-10-20(11-13-21)18(22)16-4-3-9-19-14-16/h3-9,14H,2,10-13H2,1H3. The average Bonchev–Trinajstić information content (AvgIpc) is 2.68. The van der Waals surface area contributed by atoms with Gasteiger partial charge in [0.15, 0.2) is 0 Å². The van der Waals surface area contributed by atoms with Crippen LogP contribution >= 0.6 is 0 Å². The van der Waals surface area contributed by atoms with Gasteiger partial charge in [-0.2, -0.15) is 4.31 Å². The predicted molar refractivity (Wildman–Crippen MR) is 94.7 cm³/mol. The third-order valence-electron chi connectivity index (χ3n) is 4.40. The fourth-order valence-electron chi connectivity index (χ4n) is 2.85. The number of piperazine rings is 1. The number of aromatic nitrogens is 1. The molecule has 2 aromatic rings. The van der Waals surface area contributed by atoms with Crippen molar-refractivity contribution in [2.75, 3.05) is 26.2 Å². The van der Waals surface area contributed by atoms with E-state index < -0.39 is 10.0 Å².